The van der Waals surface area contributed by atoms with Crippen molar-refractivity contribution >= 4 is 11.6 Å². The van der Waals surface area contributed by atoms with E-state index in [1.807, 2.05) is 19.1 Å². The van der Waals surface area contributed by atoms with Gasteiger partial charge in [-0.1, -0.05) is 31.4 Å². The maximum Gasteiger partial charge on any atom is 0.220 e. The van der Waals surface area contributed by atoms with Crippen molar-refractivity contribution in [1.29, 1.82) is 0 Å². The second kappa shape index (κ2) is 6.60. The Morgan fingerprint density at radius 1 is 1.32 bits per heavy atom. The number of aryl methyl sites for hydroxylation is 2. The molecule has 19 heavy (non-hydrogen) atoms. The Hall–Kier alpha value is -1.51. The third kappa shape index (κ3) is 4.27. The van der Waals surface area contributed by atoms with Gasteiger partial charge in [0.2, 0.25) is 5.91 Å². The number of nitrogens with two attached hydrogens (primary N) is 1. The molecule has 0 atom stereocenters. The molecule has 3 N–H and O–H groups in total. The van der Waals surface area contributed by atoms with Gasteiger partial charge >= 0.3 is 0 Å². The summed E-state index contributed by atoms with van der Waals surface area (Å²) >= 11 is 0. The minimum absolute atomic E-state index is 0.172. The van der Waals surface area contributed by atoms with Crippen molar-refractivity contribution in [1.82, 2.24) is 5.32 Å². The van der Waals surface area contributed by atoms with E-state index in [0.29, 0.717) is 12.5 Å². The number of nitrogens with one attached hydrogen (secondary N) is 1. The van der Waals surface area contributed by atoms with Gasteiger partial charge in [0, 0.05) is 18.2 Å². The van der Waals surface area contributed by atoms with Gasteiger partial charge in [0.25, 0.3) is 0 Å². The average Bonchev–Trinajstić information content (AvgIpc) is 2.41. The van der Waals surface area contributed by atoms with Gasteiger partial charge in [0.15, 0.2) is 0 Å². The number of benzene rings is 1. The number of hydrogen-bond donors (Lipinski definition) is 2. The van der Waals surface area contributed by atoms with Crippen molar-refractivity contribution in [3.8, 4) is 0 Å². The molecule has 0 unspecified atom stereocenters. The van der Waals surface area contributed by atoms with Crippen molar-refractivity contribution in [3.05, 3.63) is 29.3 Å². The molecule has 0 bridgehead atoms. The number of carbonyl (C=O) groups is 1. The van der Waals surface area contributed by atoms with E-state index in [4.69, 9.17) is 5.73 Å². The number of amides is 1. The average molecular weight is 260 g/mol. The fourth-order valence-corrected chi connectivity index (χ4v) is 2.65. The van der Waals surface area contributed by atoms with E-state index < -0.39 is 0 Å². The van der Waals surface area contributed by atoms with Crippen molar-refractivity contribution in [3.63, 3.8) is 0 Å². The Morgan fingerprint density at radius 2 is 2.05 bits per heavy atom. The topological polar surface area (TPSA) is 55.1 Å². The minimum atomic E-state index is 0.172. The Balaban J connectivity index is 1.77. The minimum Gasteiger partial charge on any atom is -0.399 e. The van der Waals surface area contributed by atoms with E-state index in [0.717, 1.165) is 36.1 Å². The molecule has 0 radical (unpaired) electrons. The molecular weight excluding hydrogens is 236 g/mol. The van der Waals surface area contributed by atoms with Crippen molar-refractivity contribution in [2.24, 2.45) is 0 Å². The molecule has 2 rings (SSSR count). The molecule has 1 amide bonds. The maximum atomic E-state index is 11.9. The summed E-state index contributed by atoms with van der Waals surface area (Å²) in [6.07, 6.45) is 7.42. The predicted molar refractivity (Wildman–Crippen MR) is 78.9 cm³/mol. The third-order valence-corrected chi connectivity index (χ3v) is 3.95. The molecule has 1 fully saturated rings. The van der Waals surface area contributed by atoms with E-state index in [2.05, 4.69) is 11.4 Å². The molecule has 104 valence electrons. The Kier molecular flexibility index (Phi) is 4.83. The first kappa shape index (κ1) is 13.9. The van der Waals surface area contributed by atoms with Gasteiger partial charge in [-0.3, -0.25) is 4.79 Å². The van der Waals surface area contributed by atoms with Crippen LogP contribution in [0.1, 0.15) is 49.7 Å². The van der Waals surface area contributed by atoms with Crippen LogP contribution in [0.5, 0.6) is 0 Å². The number of carbonyl (C=O) groups excluding carboxylic acids is 1. The summed E-state index contributed by atoms with van der Waals surface area (Å²) in [5, 5.41) is 3.14. The molecule has 1 aromatic carbocycles. The predicted octanol–water partition coefficient (Wildman–Crippen LogP) is 2.96. The van der Waals surface area contributed by atoms with Crippen LogP contribution in [0.15, 0.2) is 18.2 Å². The smallest absolute Gasteiger partial charge is 0.220 e. The number of rotatable bonds is 4. The quantitative estimate of drug-likeness (QED) is 0.818. The lowest BCUT2D eigenvalue weighted by molar-refractivity contribution is -0.121. The third-order valence-electron chi connectivity index (χ3n) is 3.95. The highest BCUT2D eigenvalue weighted by atomic mass is 16.1. The Bertz CT molecular complexity index is 436. The summed E-state index contributed by atoms with van der Waals surface area (Å²) in [7, 11) is 0. The highest BCUT2D eigenvalue weighted by molar-refractivity contribution is 5.76. The van der Waals surface area contributed by atoms with E-state index in [9.17, 15) is 4.79 Å². The summed E-state index contributed by atoms with van der Waals surface area (Å²) in [6, 6.07) is 6.45. The molecule has 1 aliphatic carbocycles. The molecule has 0 aromatic heterocycles. The van der Waals surface area contributed by atoms with E-state index in [-0.39, 0.29) is 5.91 Å². The molecule has 0 heterocycles. The largest absolute Gasteiger partial charge is 0.399 e. The van der Waals surface area contributed by atoms with Gasteiger partial charge < -0.3 is 11.1 Å². The molecule has 3 nitrogen and oxygen atoms in total. The van der Waals surface area contributed by atoms with E-state index in [1.54, 1.807) is 0 Å². The van der Waals surface area contributed by atoms with Gasteiger partial charge in [-0.15, -0.1) is 0 Å². The standard InChI is InChI=1S/C16H24N2O/c1-12-7-8-13(11-15(12)17)9-10-16(19)18-14-5-3-2-4-6-14/h7-8,11,14H,2-6,9-10,17H2,1H3,(H,18,19). The molecule has 0 spiro atoms. The number of anilines is 1. The van der Waals surface area contributed by atoms with Crippen LogP contribution < -0.4 is 11.1 Å². The second-order valence-electron chi connectivity index (χ2n) is 5.59. The molecule has 1 aliphatic rings. The molecule has 1 aromatic rings. The zero-order valence-corrected chi connectivity index (χ0v) is 11.7. The van der Waals surface area contributed by atoms with Crippen molar-refractivity contribution in [2.75, 3.05) is 5.73 Å². The maximum absolute atomic E-state index is 11.9. The molecule has 0 saturated heterocycles. The monoisotopic (exact) mass is 260 g/mol. The molecule has 3 heteroatoms. The van der Waals surface area contributed by atoms with Crippen LogP contribution in [0.4, 0.5) is 5.69 Å². The molecule has 1 saturated carbocycles. The number of hydrogen-bond acceptors (Lipinski definition) is 2. The van der Waals surface area contributed by atoms with E-state index in [1.165, 1.54) is 19.3 Å². The highest BCUT2D eigenvalue weighted by Gasteiger charge is 2.15. The lowest BCUT2D eigenvalue weighted by atomic mass is 9.95. The summed E-state index contributed by atoms with van der Waals surface area (Å²) in [6.45, 7) is 1.99. The summed E-state index contributed by atoms with van der Waals surface area (Å²) < 4.78 is 0. The van der Waals surface area contributed by atoms with Crippen LogP contribution in [-0.4, -0.2) is 11.9 Å². The second-order valence-corrected chi connectivity index (χ2v) is 5.59. The van der Waals surface area contributed by atoms with Crippen LogP contribution in [0, 0.1) is 6.92 Å². The van der Waals surface area contributed by atoms with Crippen LogP contribution >= 0.6 is 0 Å². The molecular formula is C16H24N2O. The van der Waals surface area contributed by atoms with Gasteiger partial charge in [0.05, 0.1) is 0 Å². The van der Waals surface area contributed by atoms with Gasteiger partial charge in [-0.25, -0.2) is 0 Å². The SMILES string of the molecule is Cc1ccc(CCC(=O)NC2CCCCC2)cc1N. The Labute approximate surface area is 115 Å². The van der Waals surface area contributed by atoms with Gasteiger partial charge in [-0.2, -0.15) is 0 Å². The Morgan fingerprint density at radius 3 is 2.74 bits per heavy atom. The van der Waals surface area contributed by atoms with Crippen LogP contribution in [0.3, 0.4) is 0 Å². The fraction of sp³-hybridized carbons (Fsp3) is 0.562. The first-order chi connectivity index (χ1) is 9.15. The lowest BCUT2D eigenvalue weighted by Gasteiger charge is -2.22. The highest BCUT2D eigenvalue weighted by Crippen LogP contribution is 2.18. The zero-order chi connectivity index (χ0) is 13.7. The number of nitrogen functional groups attached to an aromatic ring is 1. The zero-order valence-electron chi connectivity index (χ0n) is 11.7. The lowest BCUT2D eigenvalue weighted by Crippen LogP contribution is -2.36. The van der Waals surface area contributed by atoms with Crippen LogP contribution in [0.25, 0.3) is 0 Å². The summed E-state index contributed by atoms with van der Waals surface area (Å²) in [5.41, 5.74) is 8.92. The first-order valence-corrected chi connectivity index (χ1v) is 7.29. The van der Waals surface area contributed by atoms with Gasteiger partial charge in [-0.05, 0) is 43.4 Å². The fourth-order valence-electron chi connectivity index (χ4n) is 2.65. The first-order valence-electron chi connectivity index (χ1n) is 7.29. The van der Waals surface area contributed by atoms with Gasteiger partial charge in [0.1, 0.15) is 0 Å². The van der Waals surface area contributed by atoms with Crippen molar-refractivity contribution in [2.45, 2.75) is 57.9 Å². The summed E-state index contributed by atoms with van der Waals surface area (Å²) in [4.78, 5) is 11.9. The van der Waals surface area contributed by atoms with E-state index >= 15 is 0 Å². The summed E-state index contributed by atoms with van der Waals surface area (Å²) in [5.74, 6) is 0.172. The van der Waals surface area contributed by atoms with Crippen molar-refractivity contribution < 1.29 is 4.79 Å². The van der Waals surface area contributed by atoms with Crippen LogP contribution in [-0.2, 0) is 11.2 Å². The molecule has 0 aliphatic heterocycles. The normalized spacial score (nSPS) is 16.3. The van der Waals surface area contributed by atoms with Crippen LogP contribution in [0.2, 0.25) is 0 Å².